The predicted octanol–water partition coefficient (Wildman–Crippen LogP) is 3.76. The highest BCUT2D eigenvalue weighted by Crippen LogP contribution is 2.52. The highest BCUT2D eigenvalue weighted by atomic mass is 31.2. The predicted molar refractivity (Wildman–Crippen MR) is 106 cm³/mol. The van der Waals surface area contributed by atoms with Gasteiger partial charge in [0.25, 0.3) is 0 Å². The molecular weight excluding hydrogens is 339 g/mol. The van der Waals surface area contributed by atoms with Crippen molar-refractivity contribution in [2.24, 2.45) is 0 Å². The fourth-order valence-corrected chi connectivity index (χ4v) is 6.68. The van der Waals surface area contributed by atoms with E-state index >= 15 is 0 Å². The summed E-state index contributed by atoms with van der Waals surface area (Å²) in [4.78, 5) is 8.35. The summed E-state index contributed by atoms with van der Waals surface area (Å²) in [5.41, 5.74) is 4.16. The van der Waals surface area contributed by atoms with Gasteiger partial charge in [-0.15, -0.1) is 0 Å². The number of pyridine rings is 2. The molecule has 1 aliphatic heterocycles. The van der Waals surface area contributed by atoms with E-state index in [0.29, 0.717) is 0 Å². The van der Waals surface area contributed by atoms with Gasteiger partial charge in [-0.2, -0.15) is 0 Å². The maximum absolute atomic E-state index is 14.4. The minimum Gasteiger partial charge on any atom is -0.309 e. The number of hydrogen-bond donors (Lipinski definition) is 0. The number of aromatic nitrogens is 2. The Hall–Kier alpha value is -3.03. The summed E-state index contributed by atoms with van der Waals surface area (Å²) in [6.45, 7) is 0. The molecule has 0 bridgehead atoms. The first-order valence-corrected chi connectivity index (χ1v) is 10.1. The summed E-state index contributed by atoms with van der Waals surface area (Å²) < 4.78 is 14.4. The number of fused-ring (bicyclic) bond motifs is 3. The Morgan fingerprint density at radius 3 is 2.19 bits per heavy atom. The van der Waals surface area contributed by atoms with E-state index in [1.165, 1.54) is 0 Å². The lowest BCUT2D eigenvalue weighted by molar-refractivity contribution is 0.593. The van der Waals surface area contributed by atoms with Crippen molar-refractivity contribution < 1.29 is 4.57 Å². The third-order valence-corrected chi connectivity index (χ3v) is 8.01. The van der Waals surface area contributed by atoms with Gasteiger partial charge in [-0.25, -0.2) is 0 Å². The Morgan fingerprint density at radius 1 is 0.654 bits per heavy atom. The van der Waals surface area contributed by atoms with Crippen LogP contribution >= 0.6 is 7.14 Å². The van der Waals surface area contributed by atoms with Crippen LogP contribution in [0.15, 0.2) is 91.5 Å². The molecule has 0 aliphatic carbocycles. The van der Waals surface area contributed by atoms with Gasteiger partial charge in [0, 0.05) is 40.7 Å². The van der Waals surface area contributed by atoms with Crippen molar-refractivity contribution in [3.63, 3.8) is 0 Å². The molecule has 5 rings (SSSR count). The van der Waals surface area contributed by atoms with E-state index in [2.05, 4.69) is 28.2 Å². The summed E-state index contributed by atoms with van der Waals surface area (Å²) in [7, 11) is -2.93. The molecule has 124 valence electrons. The van der Waals surface area contributed by atoms with Gasteiger partial charge in [-0.1, -0.05) is 42.5 Å². The Balaban J connectivity index is 1.82. The molecule has 0 fully saturated rings. The molecule has 0 spiro atoms. The second kappa shape index (κ2) is 5.76. The molecule has 4 aromatic rings. The van der Waals surface area contributed by atoms with Crippen LogP contribution in [0.4, 0.5) is 0 Å². The zero-order valence-electron chi connectivity index (χ0n) is 13.9. The first-order chi connectivity index (χ1) is 12.8. The van der Waals surface area contributed by atoms with Gasteiger partial charge < -0.3 is 4.57 Å². The summed E-state index contributed by atoms with van der Waals surface area (Å²) in [6.07, 6.45) is 7.07. The topological polar surface area (TPSA) is 42.9 Å². The van der Waals surface area contributed by atoms with Crippen LogP contribution < -0.4 is 15.9 Å². The first kappa shape index (κ1) is 15.2. The van der Waals surface area contributed by atoms with E-state index in [1.807, 2.05) is 48.5 Å². The summed E-state index contributed by atoms with van der Waals surface area (Å²) >= 11 is 0. The fourth-order valence-electron chi connectivity index (χ4n) is 3.65. The Bertz CT molecular complexity index is 1160. The maximum Gasteiger partial charge on any atom is 0.173 e. The van der Waals surface area contributed by atoms with Crippen LogP contribution in [0, 0.1) is 0 Å². The quantitative estimate of drug-likeness (QED) is 0.453. The average Bonchev–Trinajstić information content (AvgIpc) is 2.99. The fraction of sp³-hybridized carbons (Fsp3) is 0. The van der Waals surface area contributed by atoms with Crippen LogP contribution in [-0.2, 0) is 4.57 Å². The molecule has 3 heterocycles. The SMILES string of the molecule is O=P1(c2ccccc2)c2cnccc2-c2ccc(-c3ccncc3)cc21. The summed E-state index contributed by atoms with van der Waals surface area (Å²) in [5.74, 6) is 0. The van der Waals surface area contributed by atoms with Crippen molar-refractivity contribution >= 4 is 23.1 Å². The molecule has 0 saturated heterocycles. The molecule has 0 N–H and O–H groups in total. The monoisotopic (exact) mass is 354 g/mol. The third-order valence-electron chi connectivity index (χ3n) is 4.90. The summed E-state index contributed by atoms with van der Waals surface area (Å²) in [6, 6.07) is 21.9. The molecule has 1 atom stereocenters. The second-order valence-electron chi connectivity index (χ2n) is 6.31. The molecule has 0 amide bonds. The van der Waals surface area contributed by atoms with Gasteiger partial charge in [-0.3, -0.25) is 9.97 Å². The van der Waals surface area contributed by atoms with Crippen molar-refractivity contribution in [2.45, 2.75) is 0 Å². The Kier molecular flexibility index (Phi) is 3.37. The van der Waals surface area contributed by atoms with Crippen molar-refractivity contribution in [1.82, 2.24) is 9.97 Å². The van der Waals surface area contributed by atoms with E-state index in [4.69, 9.17) is 0 Å². The molecule has 2 aromatic carbocycles. The zero-order chi connectivity index (χ0) is 17.6. The lowest BCUT2D eigenvalue weighted by atomic mass is 10.0. The average molecular weight is 354 g/mol. The number of nitrogens with zero attached hydrogens (tertiary/aromatic N) is 2. The molecule has 0 radical (unpaired) electrons. The number of rotatable bonds is 2. The van der Waals surface area contributed by atoms with Gasteiger partial charge >= 0.3 is 0 Å². The van der Waals surface area contributed by atoms with Crippen LogP contribution in [0.25, 0.3) is 22.3 Å². The van der Waals surface area contributed by atoms with Crippen LogP contribution in [-0.4, -0.2) is 9.97 Å². The second-order valence-corrected chi connectivity index (χ2v) is 9.00. The zero-order valence-corrected chi connectivity index (χ0v) is 14.8. The normalized spacial score (nSPS) is 17.5. The Labute approximate surface area is 151 Å². The van der Waals surface area contributed by atoms with Crippen molar-refractivity contribution in [1.29, 1.82) is 0 Å². The van der Waals surface area contributed by atoms with Crippen molar-refractivity contribution in [2.75, 3.05) is 0 Å². The van der Waals surface area contributed by atoms with Crippen molar-refractivity contribution in [3.05, 3.63) is 91.5 Å². The van der Waals surface area contributed by atoms with E-state index in [0.717, 1.165) is 38.2 Å². The van der Waals surface area contributed by atoms with E-state index in [9.17, 15) is 4.57 Å². The molecule has 4 heteroatoms. The maximum atomic E-state index is 14.4. The van der Waals surface area contributed by atoms with Gasteiger partial charge in [0.05, 0.1) is 0 Å². The molecule has 3 nitrogen and oxygen atoms in total. The van der Waals surface area contributed by atoms with E-state index in [1.54, 1.807) is 24.8 Å². The highest BCUT2D eigenvalue weighted by Gasteiger charge is 2.40. The molecule has 2 aromatic heterocycles. The molecule has 1 aliphatic rings. The number of hydrogen-bond acceptors (Lipinski definition) is 3. The van der Waals surface area contributed by atoms with Crippen LogP contribution in [0.5, 0.6) is 0 Å². The van der Waals surface area contributed by atoms with Crippen LogP contribution in [0.3, 0.4) is 0 Å². The lowest BCUT2D eigenvalue weighted by Gasteiger charge is -2.16. The van der Waals surface area contributed by atoms with E-state index in [-0.39, 0.29) is 0 Å². The van der Waals surface area contributed by atoms with E-state index < -0.39 is 7.14 Å². The van der Waals surface area contributed by atoms with Crippen molar-refractivity contribution in [3.8, 4) is 22.3 Å². The first-order valence-electron chi connectivity index (χ1n) is 8.44. The minimum absolute atomic E-state index is 0.827. The number of benzene rings is 2. The highest BCUT2D eigenvalue weighted by molar-refractivity contribution is 7.86. The van der Waals surface area contributed by atoms with Gasteiger partial charge in [0.2, 0.25) is 0 Å². The smallest absolute Gasteiger partial charge is 0.173 e. The molecular formula is C22H15N2OP. The molecule has 0 saturated carbocycles. The van der Waals surface area contributed by atoms with Gasteiger partial charge in [-0.05, 0) is 46.5 Å². The summed E-state index contributed by atoms with van der Waals surface area (Å²) in [5, 5.41) is 2.56. The van der Waals surface area contributed by atoms with Gasteiger partial charge in [0.1, 0.15) is 0 Å². The largest absolute Gasteiger partial charge is 0.309 e. The molecule has 1 unspecified atom stereocenters. The Morgan fingerprint density at radius 2 is 1.38 bits per heavy atom. The lowest BCUT2D eigenvalue weighted by Crippen LogP contribution is -2.21. The minimum atomic E-state index is -2.93. The van der Waals surface area contributed by atoms with Crippen LogP contribution in [0.1, 0.15) is 0 Å². The molecule has 26 heavy (non-hydrogen) atoms. The van der Waals surface area contributed by atoms with Crippen LogP contribution in [0.2, 0.25) is 0 Å². The van der Waals surface area contributed by atoms with Gasteiger partial charge in [0.15, 0.2) is 7.14 Å². The standard InChI is InChI=1S/C22H15N2OP/c25-26(18-4-2-1-3-5-18)21-14-17(16-8-11-23-12-9-16)6-7-19(21)20-10-13-24-15-22(20)26/h1-15H. The third kappa shape index (κ3) is 2.11.